The second-order valence-electron chi connectivity index (χ2n) is 3.58. The zero-order valence-electron chi connectivity index (χ0n) is 8.98. The average molecular weight is 258 g/mol. The van der Waals surface area contributed by atoms with E-state index in [4.69, 9.17) is 22.4 Å². The van der Waals surface area contributed by atoms with E-state index in [9.17, 15) is 4.79 Å². The van der Waals surface area contributed by atoms with Crippen molar-refractivity contribution in [3.63, 3.8) is 0 Å². The third-order valence-corrected chi connectivity index (χ3v) is 2.66. The number of aryl methyl sites for hydroxylation is 1. The number of aliphatic hydroxyl groups is 1. The van der Waals surface area contributed by atoms with Crippen molar-refractivity contribution in [2.75, 3.05) is 12.3 Å². The number of hydrogen-bond donors (Lipinski definition) is 3. The number of nitrogens with zero attached hydrogens (tertiary/aromatic N) is 3. The SMILES string of the molecule is Nc1nc(Cl)c2[nH]c(=O)n(CCCCO)c2n1. The molecule has 92 valence electrons. The van der Waals surface area contributed by atoms with Gasteiger partial charge >= 0.3 is 5.69 Å². The number of anilines is 1. The normalized spacial score (nSPS) is 11.2. The van der Waals surface area contributed by atoms with Crippen molar-refractivity contribution >= 4 is 28.7 Å². The van der Waals surface area contributed by atoms with Gasteiger partial charge in [-0.25, -0.2) is 4.79 Å². The summed E-state index contributed by atoms with van der Waals surface area (Å²) in [6.45, 7) is 0.543. The molecule has 0 unspecified atom stereocenters. The van der Waals surface area contributed by atoms with Gasteiger partial charge in [0.05, 0.1) is 0 Å². The molecule has 0 saturated carbocycles. The van der Waals surface area contributed by atoms with E-state index in [1.54, 1.807) is 0 Å². The van der Waals surface area contributed by atoms with Gasteiger partial charge in [-0.05, 0) is 12.8 Å². The number of unbranched alkanes of at least 4 members (excludes halogenated alkanes) is 1. The van der Waals surface area contributed by atoms with Crippen LogP contribution < -0.4 is 11.4 Å². The third kappa shape index (κ3) is 2.25. The van der Waals surface area contributed by atoms with Crippen LogP contribution in [0, 0.1) is 0 Å². The predicted molar refractivity (Wildman–Crippen MR) is 63.9 cm³/mol. The summed E-state index contributed by atoms with van der Waals surface area (Å²) >= 11 is 5.85. The molecule has 0 amide bonds. The van der Waals surface area contributed by atoms with E-state index in [-0.39, 0.29) is 23.4 Å². The van der Waals surface area contributed by atoms with E-state index < -0.39 is 0 Å². The number of nitrogen functional groups attached to an aromatic ring is 1. The van der Waals surface area contributed by atoms with Crippen LogP contribution in [0.25, 0.3) is 11.2 Å². The molecule has 0 aliphatic carbocycles. The first kappa shape index (κ1) is 11.9. The number of nitrogens with one attached hydrogen (secondary N) is 1. The molecule has 8 heteroatoms. The number of aromatic amines is 1. The maximum atomic E-state index is 11.7. The van der Waals surface area contributed by atoms with Crippen LogP contribution in [-0.4, -0.2) is 31.2 Å². The summed E-state index contributed by atoms with van der Waals surface area (Å²) in [7, 11) is 0. The lowest BCUT2D eigenvalue weighted by atomic mass is 10.3. The van der Waals surface area contributed by atoms with Gasteiger partial charge in [-0.15, -0.1) is 0 Å². The topological polar surface area (TPSA) is 110 Å². The van der Waals surface area contributed by atoms with E-state index in [2.05, 4.69) is 15.0 Å². The Bertz CT molecular complexity index is 591. The molecule has 7 nitrogen and oxygen atoms in total. The van der Waals surface area contributed by atoms with Gasteiger partial charge in [0, 0.05) is 13.2 Å². The molecule has 0 bridgehead atoms. The summed E-state index contributed by atoms with van der Waals surface area (Å²) < 4.78 is 1.44. The van der Waals surface area contributed by atoms with Gasteiger partial charge in [-0.3, -0.25) is 4.57 Å². The molecule has 0 saturated heterocycles. The molecular weight excluding hydrogens is 246 g/mol. The first-order chi connectivity index (χ1) is 8.13. The molecule has 0 radical (unpaired) electrons. The maximum absolute atomic E-state index is 11.7. The summed E-state index contributed by atoms with van der Waals surface area (Å²) in [4.78, 5) is 22.0. The largest absolute Gasteiger partial charge is 0.396 e. The molecule has 0 fully saturated rings. The minimum atomic E-state index is -0.306. The Morgan fingerprint density at radius 3 is 2.88 bits per heavy atom. The highest BCUT2D eigenvalue weighted by Gasteiger charge is 2.12. The number of aromatic nitrogens is 4. The summed E-state index contributed by atoms with van der Waals surface area (Å²) in [6, 6.07) is 0. The second kappa shape index (κ2) is 4.72. The lowest BCUT2D eigenvalue weighted by Gasteiger charge is -2.02. The number of halogens is 1. The van der Waals surface area contributed by atoms with Crippen LogP contribution in [0.5, 0.6) is 0 Å². The molecule has 2 rings (SSSR count). The summed E-state index contributed by atoms with van der Waals surface area (Å²) in [5.74, 6) is 0.0254. The van der Waals surface area contributed by atoms with Crippen LogP contribution in [0.4, 0.5) is 5.95 Å². The van der Waals surface area contributed by atoms with Crippen molar-refractivity contribution in [3.8, 4) is 0 Å². The zero-order valence-corrected chi connectivity index (χ0v) is 9.74. The molecule has 0 aliphatic heterocycles. The van der Waals surface area contributed by atoms with Crippen molar-refractivity contribution < 1.29 is 5.11 Å². The van der Waals surface area contributed by atoms with Gasteiger partial charge in [-0.2, -0.15) is 9.97 Å². The van der Waals surface area contributed by atoms with Crippen LogP contribution in [0.1, 0.15) is 12.8 Å². The maximum Gasteiger partial charge on any atom is 0.327 e. The Balaban J connectivity index is 2.47. The second-order valence-corrected chi connectivity index (χ2v) is 3.94. The van der Waals surface area contributed by atoms with E-state index >= 15 is 0 Å². The van der Waals surface area contributed by atoms with E-state index in [0.29, 0.717) is 30.6 Å². The lowest BCUT2D eigenvalue weighted by molar-refractivity contribution is 0.281. The van der Waals surface area contributed by atoms with Gasteiger partial charge in [0.2, 0.25) is 5.95 Å². The fourth-order valence-electron chi connectivity index (χ4n) is 1.60. The first-order valence-corrected chi connectivity index (χ1v) is 5.53. The fourth-order valence-corrected chi connectivity index (χ4v) is 1.82. The number of aliphatic hydroxyl groups excluding tert-OH is 1. The van der Waals surface area contributed by atoms with Crippen LogP contribution in [0.3, 0.4) is 0 Å². The minimum absolute atomic E-state index is 0.0254. The molecule has 4 N–H and O–H groups in total. The number of hydrogen-bond acceptors (Lipinski definition) is 5. The smallest absolute Gasteiger partial charge is 0.327 e. The van der Waals surface area contributed by atoms with Crippen molar-refractivity contribution in [2.45, 2.75) is 19.4 Å². The van der Waals surface area contributed by atoms with Crippen molar-refractivity contribution in [1.29, 1.82) is 0 Å². The molecular formula is C9H12ClN5O2. The van der Waals surface area contributed by atoms with Crippen molar-refractivity contribution in [1.82, 2.24) is 19.5 Å². The standard InChI is InChI=1S/C9H12ClN5O2/c10-6-5-7(14-8(11)13-6)15(9(17)12-5)3-1-2-4-16/h16H,1-4H2,(H,12,17)(H2,11,13,14). The summed E-state index contributed by atoms with van der Waals surface area (Å²) in [6.07, 6.45) is 1.29. The Hall–Kier alpha value is -1.60. The van der Waals surface area contributed by atoms with Gasteiger partial charge in [0.1, 0.15) is 5.52 Å². The Kier molecular flexibility index (Phi) is 3.30. The molecule has 2 heterocycles. The quantitative estimate of drug-likeness (QED) is 0.533. The highest BCUT2D eigenvalue weighted by atomic mass is 35.5. The number of fused-ring (bicyclic) bond motifs is 1. The number of imidazole rings is 1. The van der Waals surface area contributed by atoms with Crippen LogP contribution in [0.15, 0.2) is 4.79 Å². The molecule has 0 aliphatic rings. The molecule has 17 heavy (non-hydrogen) atoms. The van der Waals surface area contributed by atoms with Gasteiger partial charge in [-0.1, -0.05) is 11.6 Å². The van der Waals surface area contributed by atoms with Gasteiger partial charge in [0.25, 0.3) is 0 Å². The lowest BCUT2D eigenvalue weighted by Crippen LogP contribution is -2.17. The average Bonchev–Trinajstić information content (AvgIpc) is 2.57. The fraction of sp³-hybridized carbons (Fsp3) is 0.444. The molecule has 0 spiro atoms. The van der Waals surface area contributed by atoms with Gasteiger partial charge < -0.3 is 15.8 Å². The Morgan fingerprint density at radius 2 is 2.18 bits per heavy atom. The van der Waals surface area contributed by atoms with Gasteiger partial charge in [0.15, 0.2) is 10.8 Å². The van der Waals surface area contributed by atoms with Crippen LogP contribution >= 0.6 is 11.6 Å². The summed E-state index contributed by atoms with van der Waals surface area (Å²) in [5, 5.41) is 8.83. The van der Waals surface area contributed by atoms with E-state index in [1.165, 1.54) is 4.57 Å². The van der Waals surface area contributed by atoms with E-state index in [1.807, 2.05) is 0 Å². The predicted octanol–water partition coefficient (Wildman–Crippen LogP) is 0.128. The third-order valence-electron chi connectivity index (χ3n) is 2.39. The number of rotatable bonds is 4. The highest BCUT2D eigenvalue weighted by molar-refractivity contribution is 6.33. The number of nitrogens with two attached hydrogens (primary N) is 1. The van der Waals surface area contributed by atoms with Crippen LogP contribution in [-0.2, 0) is 6.54 Å². The minimum Gasteiger partial charge on any atom is -0.396 e. The van der Waals surface area contributed by atoms with Crippen molar-refractivity contribution in [3.05, 3.63) is 15.6 Å². The zero-order chi connectivity index (χ0) is 12.4. The molecule has 2 aromatic heterocycles. The molecule has 2 aromatic rings. The Morgan fingerprint density at radius 1 is 1.41 bits per heavy atom. The molecule has 0 atom stereocenters. The molecule has 0 aromatic carbocycles. The highest BCUT2D eigenvalue weighted by Crippen LogP contribution is 2.17. The Labute approximate surface area is 101 Å². The van der Waals surface area contributed by atoms with Crippen molar-refractivity contribution in [2.24, 2.45) is 0 Å². The van der Waals surface area contributed by atoms with E-state index in [0.717, 1.165) is 0 Å². The monoisotopic (exact) mass is 257 g/mol. The van der Waals surface area contributed by atoms with Crippen LogP contribution in [0.2, 0.25) is 5.15 Å². The first-order valence-electron chi connectivity index (χ1n) is 5.16. The summed E-state index contributed by atoms with van der Waals surface area (Å²) in [5.41, 5.74) is 5.95. The number of H-pyrrole nitrogens is 1.